The first kappa shape index (κ1) is 15.6. The van der Waals surface area contributed by atoms with Crippen molar-refractivity contribution in [1.29, 1.82) is 0 Å². The third-order valence-electron chi connectivity index (χ3n) is 3.08. The van der Waals surface area contributed by atoms with E-state index < -0.39 is 0 Å². The Morgan fingerprint density at radius 2 is 1.95 bits per heavy atom. The molecule has 0 aliphatic carbocycles. The van der Waals surface area contributed by atoms with Crippen LogP contribution in [0.15, 0.2) is 28.8 Å². The monoisotopic (exact) mass is 288 g/mol. The molecule has 0 aliphatic heterocycles. The Bertz CT molecular complexity index is 597. The molecule has 2 aromatic rings. The fraction of sp³-hybridized carbons (Fsp3) is 0.471. The van der Waals surface area contributed by atoms with Gasteiger partial charge in [-0.05, 0) is 40.7 Å². The van der Waals surface area contributed by atoms with Gasteiger partial charge in [0.15, 0.2) is 0 Å². The van der Waals surface area contributed by atoms with Crippen molar-refractivity contribution < 1.29 is 9.26 Å². The van der Waals surface area contributed by atoms with Gasteiger partial charge in [0.2, 0.25) is 0 Å². The van der Waals surface area contributed by atoms with Crippen LogP contribution in [0.1, 0.15) is 43.4 Å². The third-order valence-corrected chi connectivity index (χ3v) is 3.08. The molecule has 0 amide bonds. The van der Waals surface area contributed by atoms with Crippen molar-refractivity contribution in [2.45, 2.75) is 53.3 Å². The van der Waals surface area contributed by atoms with Crippen molar-refractivity contribution in [3.8, 4) is 5.75 Å². The van der Waals surface area contributed by atoms with Gasteiger partial charge in [-0.2, -0.15) is 0 Å². The highest BCUT2D eigenvalue weighted by atomic mass is 16.5. The van der Waals surface area contributed by atoms with Crippen molar-refractivity contribution in [3.63, 3.8) is 0 Å². The summed E-state index contributed by atoms with van der Waals surface area (Å²) in [5.41, 5.74) is 3.27. The molecule has 2 rings (SSSR count). The highest BCUT2D eigenvalue weighted by Gasteiger charge is 2.12. The van der Waals surface area contributed by atoms with Crippen LogP contribution in [0.3, 0.4) is 0 Å². The minimum Gasteiger partial charge on any atom is -0.487 e. The predicted octanol–water partition coefficient (Wildman–Crippen LogP) is 3.76. The summed E-state index contributed by atoms with van der Waals surface area (Å²) in [6, 6.07) is 8.12. The van der Waals surface area contributed by atoms with Crippen LogP contribution in [0.5, 0.6) is 5.75 Å². The zero-order valence-corrected chi connectivity index (χ0v) is 13.5. The van der Waals surface area contributed by atoms with Gasteiger partial charge in [-0.15, -0.1) is 0 Å². The summed E-state index contributed by atoms with van der Waals surface area (Å²) in [7, 11) is 0. The highest BCUT2D eigenvalue weighted by Crippen LogP contribution is 2.22. The second kappa shape index (κ2) is 6.31. The SMILES string of the molecule is Cc1ccc(OCc2cc(C)on2)c(CNC(C)(C)C)c1. The fourth-order valence-electron chi connectivity index (χ4n) is 1.99. The van der Waals surface area contributed by atoms with Crippen LogP contribution in [-0.2, 0) is 13.2 Å². The van der Waals surface area contributed by atoms with Crippen molar-refractivity contribution in [1.82, 2.24) is 10.5 Å². The van der Waals surface area contributed by atoms with Gasteiger partial charge in [-0.1, -0.05) is 22.9 Å². The summed E-state index contributed by atoms with van der Waals surface area (Å²) in [5.74, 6) is 1.69. The molecule has 4 nitrogen and oxygen atoms in total. The summed E-state index contributed by atoms with van der Waals surface area (Å²) in [4.78, 5) is 0. The Balaban J connectivity index is 2.07. The molecular formula is C17H24N2O2. The third kappa shape index (κ3) is 4.90. The fourth-order valence-corrected chi connectivity index (χ4v) is 1.99. The van der Waals surface area contributed by atoms with E-state index in [9.17, 15) is 0 Å². The smallest absolute Gasteiger partial charge is 0.134 e. The molecule has 21 heavy (non-hydrogen) atoms. The molecule has 0 aliphatic rings. The average molecular weight is 288 g/mol. The van der Waals surface area contributed by atoms with Crippen LogP contribution in [-0.4, -0.2) is 10.7 Å². The first-order valence-corrected chi connectivity index (χ1v) is 7.23. The first-order valence-electron chi connectivity index (χ1n) is 7.23. The van der Waals surface area contributed by atoms with Gasteiger partial charge >= 0.3 is 0 Å². The van der Waals surface area contributed by atoms with E-state index in [2.05, 4.69) is 50.3 Å². The highest BCUT2D eigenvalue weighted by molar-refractivity contribution is 5.37. The van der Waals surface area contributed by atoms with E-state index in [1.54, 1.807) is 0 Å². The number of hydrogen-bond donors (Lipinski definition) is 1. The minimum atomic E-state index is 0.0737. The zero-order chi connectivity index (χ0) is 15.5. The first-order chi connectivity index (χ1) is 9.83. The van der Waals surface area contributed by atoms with Crippen LogP contribution in [0.25, 0.3) is 0 Å². The summed E-state index contributed by atoms with van der Waals surface area (Å²) in [6.45, 7) is 11.6. The van der Waals surface area contributed by atoms with Crippen molar-refractivity contribution in [2.75, 3.05) is 0 Å². The van der Waals surface area contributed by atoms with Gasteiger partial charge in [-0.25, -0.2) is 0 Å². The van der Waals surface area contributed by atoms with E-state index in [1.807, 2.05) is 19.1 Å². The molecular weight excluding hydrogens is 264 g/mol. The number of hydrogen-bond acceptors (Lipinski definition) is 4. The molecule has 0 fully saturated rings. The van der Waals surface area contributed by atoms with E-state index in [-0.39, 0.29) is 5.54 Å². The normalized spacial score (nSPS) is 11.7. The Labute approximate surface area is 126 Å². The Kier molecular flexibility index (Phi) is 4.68. The number of nitrogens with one attached hydrogen (secondary N) is 1. The van der Waals surface area contributed by atoms with E-state index in [0.29, 0.717) is 6.61 Å². The topological polar surface area (TPSA) is 47.3 Å². The lowest BCUT2D eigenvalue weighted by molar-refractivity contribution is 0.283. The maximum atomic E-state index is 5.89. The van der Waals surface area contributed by atoms with Crippen LogP contribution in [0.4, 0.5) is 0 Å². The molecule has 1 aromatic carbocycles. The maximum absolute atomic E-state index is 5.89. The molecule has 0 bridgehead atoms. The summed E-state index contributed by atoms with van der Waals surface area (Å²) in [5, 5.41) is 7.44. The Morgan fingerprint density at radius 3 is 2.57 bits per heavy atom. The molecule has 0 unspecified atom stereocenters. The second-order valence-corrected chi connectivity index (χ2v) is 6.43. The van der Waals surface area contributed by atoms with Gasteiger partial charge in [0, 0.05) is 23.7 Å². The largest absolute Gasteiger partial charge is 0.487 e. The molecule has 0 spiro atoms. The molecule has 0 saturated heterocycles. The number of rotatable bonds is 5. The molecule has 0 atom stereocenters. The molecule has 1 heterocycles. The quantitative estimate of drug-likeness (QED) is 0.910. The van der Waals surface area contributed by atoms with Crippen LogP contribution < -0.4 is 10.1 Å². The Morgan fingerprint density at radius 1 is 1.19 bits per heavy atom. The zero-order valence-electron chi connectivity index (χ0n) is 13.5. The van der Waals surface area contributed by atoms with Gasteiger partial charge < -0.3 is 14.6 Å². The Hall–Kier alpha value is -1.81. The summed E-state index contributed by atoms with van der Waals surface area (Å²) in [6.07, 6.45) is 0. The standard InChI is InChI=1S/C17H24N2O2/c1-12-6-7-16(14(8-12)10-18-17(3,4)5)20-11-15-9-13(2)21-19-15/h6-9,18H,10-11H2,1-5H3. The van der Waals surface area contributed by atoms with Gasteiger partial charge in [0.05, 0.1) is 0 Å². The summed E-state index contributed by atoms with van der Waals surface area (Å²) >= 11 is 0. The van der Waals surface area contributed by atoms with Crippen molar-refractivity contribution >= 4 is 0 Å². The van der Waals surface area contributed by atoms with E-state index in [0.717, 1.165) is 29.3 Å². The lowest BCUT2D eigenvalue weighted by atomic mass is 10.1. The second-order valence-electron chi connectivity index (χ2n) is 6.43. The van der Waals surface area contributed by atoms with Crippen molar-refractivity contribution in [2.24, 2.45) is 0 Å². The maximum Gasteiger partial charge on any atom is 0.134 e. The van der Waals surface area contributed by atoms with Crippen LogP contribution in [0, 0.1) is 13.8 Å². The lowest BCUT2D eigenvalue weighted by Crippen LogP contribution is -2.35. The van der Waals surface area contributed by atoms with E-state index in [4.69, 9.17) is 9.26 Å². The number of nitrogens with zero attached hydrogens (tertiary/aromatic N) is 1. The molecule has 114 valence electrons. The summed E-state index contributed by atoms with van der Waals surface area (Å²) < 4.78 is 10.9. The van der Waals surface area contributed by atoms with E-state index in [1.165, 1.54) is 5.56 Å². The van der Waals surface area contributed by atoms with Gasteiger partial charge in [-0.3, -0.25) is 0 Å². The molecule has 1 N–H and O–H groups in total. The lowest BCUT2D eigenvalue weighted by Gasteiger charge is -2.22. The van der Waals surface area contributed by atoms with Gasteiger partial charge in [0.25, 0.3) is 0 Å². The van der Waals surface area contributed by atoms with Crippen molar-refractivity contribution in [3.05, 3.63) is 46.8 Å². The average Bonchev–Trinajstić information content (AvgIpc) is 2.80. The van der Waals surface area contributed by atoms with Crippen LogP contribution >= 0.6 is 0 Å². The minimum absolute atomic E-state index is 0.0737. The number of benzene rings is 1. The predicted molar refractivity (Wildman–Crippen MR) is 83.3 cm³/mol. The number of ether oxygens (including phenoxy) is 1. The van der Waals surface area contributed by atoms with Crippen LogP contribution in [0.2, 0.25) is 0 Å². The number of aromatic nitrogens is 1. The molecule has 4 heteroatoms. The number of aryl methyl sites for hydroxylation is 2. The molecule has 0 saturated carbocycles. The molecule has 0 radical (unpaired) electrons. The van der Waals surface area contributed by atoms with Gasteiger partial charge in [0.1, 0.15) is 23.8 Å². The molecule has 1 aromatic heterocycles. The van der Waals surface area contributed by atoms with E-state index >= 15 is 0 Å².